The molecule has 24 heavy (non-hydrogen) atoms. The van der Waals surface area contributed by atoms with Crippen LogP contribution in [0.5, 0.6) is 0 Å². The fourth-order valence-corrected chi connectivity index (χ4v) is 3.06. The van der Waals surface area contributed by atoms with E-state index in [1.165, 1.54) is 6.07 Å². The smallest absolute Gasteiger partial charge is 0.224 e. The lowest BCUT2D eigenvalue weighted by Crippen LogP contribution is -2.40. The number of likely N-dealkylation sites (tertiary alicyclic amines) is 1. The summed E-state index contributed by atoms with van der Waals surface area (Å²) in [6.07, 6.45) is 2.16. The number of rotatable bonds is 6. The summed E-state index contributed by atoms with van der Waals surface area (Å²) in [4.78, 5) is 14.1. The van der Waals surface area contributed by atoms with Crippen molar-refractivity contribution in [1.29, 1.82) is 0 Å². The molecule has 1 fully saturated rings. The van der Waals surface area contributed by atoms with Crippen LogP contribution >= 0.6 is 36.4 Å². The summed E-state index contributed by atoms with van der Waals surface area (Å²) in [6, 6.07) is 4.45. The maximum Gasteiger partial charge on any atom is 0.224 e. The van der Waals surface area contributed by atoms with Gasteiger partial charge in [0.2, 0.25) is 5.91 Å². The number of hydrogen-bond acceptors (Lipinski definition) is 3. The Morgan fingerprint density at radius 2 is 2.00 bits per heavy atom. The standard InChI is InChI=1S/C16H23ClFN3O.2ClH/c1-11(9-19)16(22)20-10-14(21-7-2-3-8-21)15-12(17)5-4-6-13(15)18;;/h4-6,11,14H,2-3,7-10,19H2,1H3,(H,20,22);2*1H. The van der Waals surface area contributed by atoms with Crippen molar-refractivity contribution in [3.63, 3.8) is 0 Å². The molecule has 0 aliphatic carbocycles. The third-order valence-corrected chi connectivity index (χ3v) is 4.51. The van der Waals surface area contributed by atoms with E-state index < -0.39 is 0 Å². The molecule has 8 heteroatoms. The Morgan fingerprint density at radius 1 is 1.38 bits per heavy atom. The van der Waals surface area contributed by atoms with Gasteiger partial charge < -0.3 is 11.1 Å². The van der Waals surface area contributed by atoms with E-state index in [0.717, 1.165) is 25.9 Å². The average molecular weight is 401 g/mol. The van der Waals surface area contributed by atoms with E-state index in [4.69, 9.17) is 17.3 Å². The third-order valence-electron chi connectivity index (χ3n) is 4.19. The molecular weight excluding hydrogens is 376 g/mol. The van der Waals surface area contributed by atoms with Gasteiger partial charge >= 0.3 is 0 Å². The number of nitrogens with two attached hydrogens (primary N) is 1. The van der Waals surface area contributed by atoms with Gasteiger partial charge in [0, 0.05) is 29.6 Å². The molecule has 2 atom stereocenters. The first-order valence-corrected chi connectivity index (χ1v) is 8.08. The van der Waals surface area contributed by atoms with Crippen molar-refractivity contribution >= 4 is 42.3 Å². The quantitative estimate of drug-likeness (QED) is 0.771. The van der Waals surface area contributed by atoms with Crippen molar-refractivity contribution in [3.8, 4) is 0 Å². The van der Waals surface area contributed by atoms with Crippen LogP contribution in [0.3, 0.4) is 0 Å². The van der Waals surface area contributed by atoms with Crippen molar-refractivity contribution in [2.24, 2.45) is 11.7 Å². The van der Waals surface area contributed by atoms with Crippen molar-refractivity contribution in [1.82, 2.24) is 10.2 Å². The molecule has 1 aliphatic rings. The Bertz CT molecular complexity index is 507. The number of benzene rings is 1. The molecule has 3 N–H and O–H groups in total. The topological polar surface area (TPSA) is 58.4 Å². The van der Waals surface area contributed by atoms with Crippen LogP contribution in [-0.2, 0) is 4.79 Å². The van der Waals surface area contributed by atoms with E-state index in [1.54, 1.807) is 19.1 Å². The van der Waals surface area contributed by atoms with Gasteiger partial charge in [-0.05, 0) is 38.1 Å². The maximum atomic E-state index is 14.3. The molecule has 1 heterocycles. The summed E-state index contributed by atoms with van der Waals surface area (Å²) >= 11 is 6.21. The zero-order valence-corrected chi connectivity index (χ0v) is 16.0. The van der Waals surface area contributed by atoms with Crippen molar-refractivity contribution in [2.45, 2.75) is 25.8 Å². The first-order valence-electron chi connectivity index (χ1n) is 7.70. The van der Waals surface area contributed by atoms with Gasteiger partial charge in [-0.1, -0.05) is 24.6 Å². The molecule has 1 aromatic carbocycles. The van der Waals surface area contributed by atoms with E-state index in [2.05, 4.69) is 10.2 Å². The molecule has 1 amide bonds. The lowest BCUT2D eigenvalue weighted by atomic mass is 10.0. The molecule has 4 nitrogen and oxygen atoms in total. The van der Waals surface area contributed by atoms with Crippen LogP contribution in [0.1, 0.15) is 31.4 Å². The van der Waals surface area contributed by atoms with Crippen LogP contribution in [0.4, 0.5) is 4.39 Å². The molecule has 2 rings (SSSR count). The Morgan fingerprint density at radius 3 is 2.54 bits per heavy atom. The number of nitrogens with one attached hydrogen (secondary N) is 1. The second-order valence-corrected chi connectivity index (χ2v) is 6.18. The second kappa shape index (κ2) is 11.1. The summed E-state index contributed by atoms with van der Waals surface area (Å²) in [5, 5.41) is 3.28. The van der Waals surface area contributed by atoms with Gasteiger partial charge in [-0.25, -0.2) is 4.39 Å². The van der Waals surface area contributed by atoms with Crippen LogP contribution in [0, 0.1) is 11.7 Å². The minimum absolute atomic E-state index is 0. The highest BCUT2D eigenvalue weighted by molar-refractivity contribution is 6.31. The van der Waals surface area contributed by atoms with Crippen molar-refractivity contribution in [3.05, 3.63) is 34.6 Å². The number of carbonyl (C=O) groups excluding carboxylic acids is 1. The van der Waals surface area contributed by atoms with Gasteiger partial charge in [-0.3, -0.25) is 9.69 Å². The normalized spacial score (nSPS) is 16.7. The molecule has 0 radical (unpaired) electrons. The van der Waals surface area contributed by atoms with Gasteiger partial charge in [0.25, 0.3) is 0 Å². The molecule has 1 saturated heterocycles. The lowest BCUT2D eigenvalue weighted by molar-refractivity contribution is -0.124. The third kappa shape index (κ3) is 5.74. The first-order chi connectivity index (χ1) is 10.5. The molecule has 138 valence electrons. The summed E-state index contributed by atoms with van der Waals surface area (Å²) in [6.45, 7) is 4.18. The van der Waals surface area contributed by atoms with Crippen molar-refractivity contribution in [2.75, 3.05) is 26.2 Å². The maximum absolute atomic E-state index is 14.3. The highest BCUT2D eigenvalue weighted by Gasteiger charge is 2.28. The number of nitrogens with zero attached hydrogens (tertiary/aromatic N) is 1. The van der Waals surface area contributed by atoms with Gasteiger partial charge in [-0.2, -0.15) is 0 Å². The van der Waals surface area contributed by atoms with Crippen LogP contribution in [0.25, 0.3) is 0 Å². The summed E-state index contributed by atoms with van der Waals surface area (Å²) in [5.41, 5.74) is 5.97. The lowest BCUT2D eigenvalue weighted by Gasteiger charge is -2.29. The minimum Gasteiger partial charge on any atom is -0.354 e. The van der Waals surface area contributed by atoms with Crippen LogP contribution in [0.15, 0.2) is 18.2 Å². The van der Waals surface area contributed by atoms with Gasteiger partial charge in [0.15, 0.2) is 0 Å². The Kier molecular flexibility index (Phi) is 10.8. The minimum atomic E-state index is -0.328. The Hall–Kier alpha value is -0.590. The summed E-state index contributed by atoms with van der Waals surface area (Å²) < 4.78 is 14.3. The van der Waals surface area contributed by atoms with Crippen LogP contribution < -0.4 is 11.1 Å². The molecule has 0 spiro atoms. The fourth-order valence-electron chi connectivity index (χ4n) is 2.77. The van der Waals surface area contributed by atoms with Gasteiger partial charge in [0.1, 0.15) is 5.82 Å². The van der Waals surface area contributed by atoms with E-state index in [9.17, 15) is 9.18 Å². The Labute approximate surface area is 160 Å². The molecule has 1 aromatic rings. The highest BCUT2D eigenvalue weighted by atomic mass is 35.5. The largest absolute Gasteiger partial charge is 0.354 e. The number of hydrogen-bond donors (Lipinski definition) is 2. The SMILES string of the molecule is CC(CN)C(=O)NCC(c1c(F)cccc1Cl)N1CCCC1.Cl.Cl. The molecular formula is C16H25Cl3FN3O. The number of halogens is 4. The second-order valence-electron chi connectivity index (χ2n) is 5.78. The summed E-state index contributed by atoms with van der Waals surface area (Å²) in [5.74, 6) is -0.694. The van der Waals surface area contributed by atoms with E-state index >= 15 is 0 Å². The summed E-state index contributed by atoms with van der Waals surface area (Å²) in [7, 11) is 0. The first kappa shape index (κ1) is 23.4. The molecule has 2 unspecified atom stereocenters. The number of carbonyl (C=O) groups is 1. The van der Waals surface area contributed by atoms with Crippen molar-refractivity contribution < 1.29 is 9.18 Å². The molecule has 0 aromatic heterocycles. The predicted octanol–water partition coefficient (Wildman–Crippen LogP) is 3.17. The van der Waals surface area contributed by atoms with E-state index in [-0.39, 0.29) is 48.5 Å². The van der Waals surface area contributed by atoms with E-state index in [0.29, 0.717) is 23.7 Å². The zero-order chi connectivity index (χ0) is 16.1. The molecule has 1 aliphatic heterocycles. The fraction of sp³-hybridized carbons (Fsp3) is 0.562. The Balaban J connectivity index is 0.00000264. The van der Waals surface area contributed by atoms with Gasteiger partial charge in [0.05, 0.1) is 6.04 Å². The van der Waals surface area contributed by atoms with Crippen LogP contribution in [-0.4, -0.2) is 37.0 Å². The highest BCUT2D eigenvalue weighted by Crippen LogP contribution is 2.31. The predicted molar refractivity (Wildman–Crippen MR) is 101 cm³/mol. The molecule has 0 bridgehead atoms. The van der Waals surface area contributed by atoms with E-state index in [1.807, 2.05) is 0 Å². The molecule has 0 saturated carbocycles. The zero-order valence-electron chi connectivity index (χ0n) is 13.6. The monoisotopic (exact) mass is 399 g/mol. The average Bonchev–Trinajstić information content (AvgIpc) is 3.03. The van der Waals surface area contributed by atoms with Crippen LogP contribution in [0.2, 0.25) is 5.02 Å². The van der Waals surface area contributed by atoms with Gasteiger partial charge in [-0.15, -0.1) is 24.8 Å². The number of amides is 1.